The summed E-state index contributed by atoms with van der Waals surface area (Å²) in [6.45, 7) is 4.26. The van der Waals surface area contributed by atoms with Crippen LogP contribution in [0, 0.1) is 0 Å². The van der Waals surface area contributed by atoms with Crippen LogP contribution in [0.4, 0.5) is 0 Å². The van der Waals surface area contributed by atoms with Gasteiger partial charge < -0.3 is 23.7 Å². The summed E-state index contributed by atoms with van der Waals surface area (Å²) < 4.78 is 27.2. The number of aliphatic imine (C=N–C) groups is 1. The predicted molar refractivity (Wildman–Crippen MR) is 127 cm³/mol. The van der Waals surface area contributed by atoms with E-state index in [1.165, 1.54) is 18.3 Å². The molecule has 0 unspecified atom stereocenters. The third-order valence-corrected chi connectivity index (χ3v) is 6.52. The van der Waals surface area contributed by atoms with E-state index in [9.17, 15) is 24.0 Å². The highest BCUT2D eigenvalue weighted by Gasteiger charge is 2.53. The van der Waals surface area contributed by atoms with Crippen molar-refractivity contribution >= 4 is 64.1 Å². The van der Waals surface area contributed by atoms with E-state index >= 15 is 0 Å². The van der Waals surface area contributed by atoms with E-state index < -0.39 is 59.6 Å². The van der Waals surface area contributed by atoms with Gasteiger partial charge in [0.15, 0.2) is 28.9 Å². The summed E-state index contributed by atoms with van der Waals surface area (Å²) in [5.41, 5.74) is -0.934. The zero-order valence-electron chi connectivity index (χ0n) is 19.7. The van der Waals surface area contributed by atoms with Gasteiger partial charge in [0.25, 0.3) is 5.91 Å². The van der Waals surface area contributed by atoms with Gasteiger partial charge in [-0.05, 0) is 17.5 Å². The first kappa shape index (κ1) is 27.4. The number of thiophene rings is 1. The van der Waals surface area contributed by atoms with Crippen molar-refractivity contribution in [2.24, 2.45) is 4.99 Å². The fourth-order valence-corrected chi connectivity index (χ4v) is 5.12. The Morgan fingerprint density at radius 1 is 1.03 bits per heavy atom. The van der Waals surface area contributed by atoms with Crippen LogP contribution in [0.2, 0.25) is 0 Å². The molecule has 1 saturated heterocycles. The summed E-state index contributed by atoms with van der Waals surface area (Å²) in [7, 11) is 0. The molecule has 12 nitrogen and oxygen atoms in total. The van der Waals surface area contributed by atoms with Crippen LogP contribution in [-0.2, 0) is 47.7 Å². The highest BCUT2D eigenvalue weighted by Crippen LogP contribution is 2.35. The molecule has 0 bridgehead atoms. The van der Waals surface area contributed by atoms with E-state index in [1.54, 1.807) is 6.08 Å². The second kappa shape index (κ2) is 12.1. The molecular formula is C22H24N2O10S2. The molecule has 0 aliphatic carbocycles. The van der Waals surface area contributed by atoms with Crippen LogP contribution >= 0.6 is 23.1 Å². The predicted octanol–water partition coefficient (Wildman–Crippen LogP) is 1.39. The highest BCUT2D eigenvalue weighted by atomic mass is 32.2. The Bertz CT molecular complexity index is 1080. The summed E-state index contributed by atoms with van der Waals surface area (Å²) >= 11 is 2.33. The Kier molecular flexibility index (Phi) is 9.23. The van der Waals surface area contributed by atoms with Gasteiger partial charge in [0.2, 0.25) is 0 Å². The van der Waals surface area contributed by atoms with Crippen LogP contribution in [0.15, 0.2) is 28.2 Å². The molecule has 0 saturated carbocycles. The molecular weight excluding hydrogens is 516 g/mol. The highest BCUT2D eigenvalue weighted by molar-refractivity contribution is 8.14. The first-order chi connectivity index (χ1) is 17.0. The zero-order chi connectivity index (χ0) is 26.4. The molecule has 3 rings (SSSR count). The van der Waals surface area contributed by atoms with Crippen LogP contribution in [0.5, 0.6) is 0 Å². The van der Waals surface area contributed by atoms with E-state index in [2.05, 4.69) is 10.3 Å². The lowest BCUT2D eigenvalue weighted by molar-refractivity contribution is -0.237. The van der Waals surface area contributed by atoms with E-state index in [1.807, 2.05) is 17.5 Å². The molecule has 1 fully saturated rings. The number of amidine groups is 1. The van der Waals surface area contributed by atoms with Crippen LogP contribution in [0.25, 0.3) is 6.08 Å². The molecule has 194 valence electrons. The SMILES string of the molecule is CC(=O)OC[C@@H]1O[C@H](SC2=N/C(=C\c3cccs3)C(=O)N2)[C@H](OC(C)=O)[C@H](OC(C)=O)[C@H]1OC(C)=O. The number of carbonyl (C=O) groups is 5. The number of hydrogen-bond donors (Lipinski definition) is 1. The fraction of sp³-hybridized carbons (Fsp3) is 0.455. The van der Waals surface area contributed by atoms with Crippen molar-refractivity contribution in [2.75, 3.05) is 6.61 Å². The molecule has 5 atom stereocenters. The van der Waals surface area contributed by atoms with Gasteiger partial charge >= 0.3 is 23.9 Å². The summed E-state index contributed by atoms with van der Waals surface area (Å²) in [6.07, 6.45) is -3.31. The van der Waals surface area contributed by atoms with Crippen molar-refractivity contribution in [2.45, 2.75) is 57.5 Å². The molecule has 1 N–H and O–H groups in total. The second-order valence-corrected chi connectivity index (χ2v) is 9.67. The minimum atomic E-state index is -1.30. The third-order valence-electron chi connectivity index (χ3n) is 4.67. The van der Waals surface area contributed by atoms with Gasteiger partial charge in [0, 0.05) is 32.6 Å². The second-order valence-electron chi connectivity index (χ2n) is 7.60. The van der Waals surface area contributed by atoms with Gasteiger partial charge in [-0.3, -0.25) is 29.3 Å². The lowest BCUT2D eigenvalue weighted by Gasteiger charge is -2.44. The first-order valence-electron chi connectivity index (χ1n) is 10.7. The average Bonchev–Trinajstić information content (AvgIpc) is 3.40. The molecule has 3 heterocycles. The molecule has 2 aliphatic heterocycles. The standard InChI is InChI=1S/C22H24N2O10S2/c1-10(25)30-9-16-17(31-11(2)26)18(32-12(3)27)19(33-13(4)28)21(34-16)36-22-23-15(20(29)24-22)8-14-6-5-7-35-14/h5-8,16-19,21H,9H2,1-4H3,(H,23,24,29)/b15-8-/t16-,17-,18+,19+,21+/m0/s1. The molecule has 0 spiro atoms. The van der Waals surface area contributed by atoms with E-state index in [-0.39, 0.29) is 17.5 Å². The molecule has 1 aromatic rings. The van der Waals surface area contributed by atoms with Crippen molar-refractivity contribution in [1.82, 2.24) is 5.32 Å². The van der Waals surface area contributed by atoms with Gasteiger partial charge in [-0.25, -0.2) is 4.99 Å². The summed E-state index contributed by atoms with van der Waals surface area (Å²) in [5, 5.41) is 4.61. The Balaban J connectivity index is 1.94. The molecule has 2 aliphatic rings. The van der Waals surface area contributed by atoms with Gasteiger partial charge in [-0.15, -0.1) is 11.3 Å². The van der Waals surface area contributed by atoms with Gasteiger partial charge in [0.05, 0.1) is 0 Å². The summed E-state index contributed by atoms with van der Waals surface area (Å²) in [4.78, 5) is 64.6. The Morgan fingerprint density at radius 3 is 2.25 bits per heavy atom. The van der Waals surface area contributed by atoms with Crippen molar-refractivity contribution in [3.63, 3.8) is 0 Å². The Morgan fingerprint density at radius 2 is 1.67 bits per heavy atom. The Labute approximate surface area is 214 Å². The van der Waals surface area contributed by atoms with Crippen molar-refractivity contribution in [3.05, 3.63) is 28.1 Å². The van der Waals surface area contributed by atoms with Crippen molar-refractivity contribution in [1.29, 1.82) is 0 Å². The monoisotopic (exact) mass is 540 g/mol. The summed E-state index contributed by atoms with van der Waals surface area (Å²) in [5.74, 6) is -3.25. The minimum Gasteiger partial charge on any atom is -0.463 e. The summed E-state index contributed by atoms with van der Waals surface area (Å²) in [6, 6.07) is 3.66. The fourth-order valence-electron chi connectivity index (χ4n) is 3.40. The van der Waals surface area contributed by atoms with E-state index in [0.29, 0.717) is 0 Å². The molecule has 1 amide bonds. The zero-order valence-corrected chi connectivity index (χ0v) is 21.4. The maximum Gasteiger partial charge on any atom is 0.303 e. The van der Waals surface area contributed by atoms with Crippen LogP contribution in [0.3, 0.4) is 0 Å². The largest absolute Gasteiger partial charge is 0.463 e. The van der Waals surface area contributed by atoms with Gasteiger partial charge in [0.1, 0.15) is 18.4 Å². The van der Waals surface area contributed by atoms with E-state index in [4.69, 9.17) is 23.7 Å². The van der Waals surface area contributed by atoms with Crippen molar-refractivity contribution < 1.29 is 47.7 Å². The quantitative estimate of drug-likeness (QED) is 0.303. The maximum absolute atomic E-state index is 12.4. The number of rotatable bonds is 7. The van der Waals surface area contributed by atoms with Gasteiger partial charge in [-0.1, -0.05) is 17.8 Å². The van der Waals surface area contributed by atoms with Crippen LogP contribution in [0.1, 0.15) is 32.6 Å². The average molecular weight is 541 g/mol. The normalized spacial score (nSPS) is 26.6. The number of nitrogens with zero attached hydrogens (tertiary/aromatic N) is 1. The first-order valence-corrected chi connectivity index (χ1v) is 12.4. The number of ether oxygens (including phenoxy) is 5. The maximum atomic E-state index is 12.4. The number of nitrogens with one attached hydrogen (secondary N) is 1. The topological polar surface area (TPSA) is 156 Å². The minimum absolute atomic E-state index is 0.142. The van der Waals surface area contributed by atoms with Gasteiger partial charge in [-0.2, -0.15) is 0 Å². The number of carbonyl (C=O) groups excluding carboxylic acids is 5. The molecule has 36 heavy (non-hydrogen) atoms. The van der Waals surface area contributed by atoms with Crippen molar-refractivity contribution in [3.8, 4) is 0 Å². The third kappa shape index (κ3) is 7.38. The smallest absolute Gasteiger partial charge is 0.303 e. The van der Waals surface area contributed by atoms with E-state index in [0.717, 1.165) is 37.4 Å². The molecule has 14 heteroatoms. The molecule has 0 radical (unpaired) electrons. The Hall–Kier alpha value is -3.23. The number of thioether (sulfide) groups is 1. The lowest BCUT2D eigenvalue weighted by atomic mass is 9.99. The molecule has 1 aromatic heterocycles. The molecule has 0 aromatic carbocycles. The number of hydrogen-bond acceptors (Lipinski definition) is 13. The van der Waals surface area contributed by atoms with Crippen LogP contribution in [-0.4, -0.2) is 71.4 Å². The lowest BCUT2D eigenvalue weighted by Crippen LogP contribution is -2.61. The van der Waals surface area contributed by atoms with Crippen LogP contribution < -0.4 is 5.32 Å². The number of amides is 1. The number of esters is 4.